The summed E-state index contributed by atoms with van der Waals surface area (Å²) in [6.45, 7) is 9.69. The monoisotopic (exact) mass is 298 g/mol. The molecular weight excluding hydrogens is 260 g/mol. The van der Waals surface area contributed by atoms with Crippen molar-refractivity contribution in [3.63, 3.8) is 0 Å². The number of ether oxygens (including phenoxy) is 1. The first kappa shape index (κ1) is 19.0. The van der Waals surface area contributed by atoms with E-state index in [1.54, 1.807) is 0 Å². The van der Waals surface area contributed by atoms with E-state index in [1.165, 1.54) is 44.9 Å². The first-order valence-electron chi connectivity index (χ1n) is 9.28. The van der Waals surface area contributed by atoms with E-state index in [1.807, 2.05) is 0 Å². The SMILES string of the molecule is CCCCCCCCC(O)C1(OCC)CCC(C)(C)CC1. The van der Waals surface area contributed by atoms with Crippen LogP contribution in [-0.2, 0) is 4.74 Å². The maximum Gasteiger partial charge on any atom is 0.0940 e. The van der Waals surface area contributed by atoms with E-state index < -0.39 is 0 Å². The number of unbranched alkanes of at least 4 members (excludes halogenated alkanes) is 5. The van der Waals surface area contributed by atoms with Crippen LogP contribution in [0.4, 0.5) is 0 Å². The van der Waals surface area contributed by atoms with Gasteiger partial charge in [0.25, 0.3) is 0 Å². The quantitative estimate of drug-likeness (QED) is 0.542. The second-order valence-electron chi connectivity index (χ2n) is 7.73. The highest BCUT2D eigenvalue weighted by Crippen LogP contribution is 2.44. The average Bonchev–Trinajstić information content (AvgIpc) is 2.45. The second kappa shape index (κ2) is 9.15. The summed E-state index contributed by atoms with van der Waals surface area (Å²) < 4.78 is 6.07. The van der Waals surface area contributed by atoms with Crippen molar-refractivity contribution in [3.05, 3.63) is 0 Å². The van der Waals surface area contributed by atoms with Crippen LogP contribution < -0.4 is 0 Å². The maximum atomic E-state index is 10.7. The Morgan fingerprint density at radius 3 is 2.05 bits per heavy atom. The lowest BCUT2D eigenvalue weighted by Gasteiger charge is -2.46. The molecule has 1 aliphatic rings. The fraction of sp³-hybridized carbons (Fsp3) is 1.00. The van der Waals surface area contributed by atoms with Gasteiger partial charge in [-0.3, -0.25) is 0 Å². The van der Waals surface area contributed by atoms with Gasteiger partial charge in [0.1, 0.15) is 0 Å². The van der Waals surface area contributed by atoms with Gasteiger partial charge in [-0.2, -0.15) is 0 Å². The highest BCUT2D eigenvalue weighted by atomic mass is 16.5. The first-order chi connectivity index (χ1) is 9.96. The molecule has 1 N–H and O–H groups in total. The number of hydrogen-bond donors (Lipinski definition) is 1. The molecular formula is C19H38O2. The molecule has 1 aliphatic carbocycles. The van der Waals surface area contributed by atoms with E-state index in [0.717, 1.165) is 25.7 Å². The van der Waals surface area contributed by atoms with Gasteiger partial charge in [0.2, 0.25) is 0 Å². The second-order valence-corrected chi connectivity index (χ2v) is 7.73. The van der Waals surface area contributed by atoms with Crippen LogP contribution in [-0.4, -0.2) is 23.4 Å². The van der Waals surface area contributed by atoms with Gasteiger partial charge in [0.05, 0.1) is 11.7 Å². The molecule has 1 saturated carbocycles. The van der Waals surface area contributed by atoms with Crippen molar-refractivity contribution in [2.24, 2.45) is 5.41 Å². The van der Waals surface area contributed by atoms with E-state index in [-0.39, 0.29) is 11.7 Å². The maximum absolute atomic E-state index is 10.7. The summed E-state index contributed by atoms with van der Waals surface area (Å²) in [5.74, 6) is 0. The standard InChI is InChI=1S/C19H38O2/c1-5-7-8-9-10-11-12-17(20)19(21-6-2)15-13-18(3,4)14-16-19/h17,20H,5-16H2,1-4H3. The van der Waals surface area contributed by atoms with Gasteiger partial charge in [0.15, 0.2) is 0 Å². The lowest BCUT2D eigenvalue weighted by atomic mass is 9.68. The topological polar surface area (TPSA) is 29.5 Å². The smallest absolute Gasteiger partial charge is 0.0940 e. The van der Waals surface area contributed by atoms with Crippen LogP contribution in [0.3, 0.4) is 0 Å². The molecule has 1 fully saturated rings. The van der Waals surface area contributed by atoms with Crippen molar-refractivity contribution >= 4 is 0 Å². The zero-order valence-electron chi connectivity index (χ0n) is 14.9. The normalized spacial score (nSPS) is 22.1. The zero-order chi connectivity index (χ0) is 15.8. The van der Waals surface area contributed by atoms with Crippen molar-refractivity contribution in [3.8, 4) is 0 Å². The number of aliphatic hydroxyl groups excluding tert-OH is 1. The third-order valence-electron chi connectivity index (χ3n) is 5.32. The minimum absolute atomic E-state index is 0.256. The first-order valence-corrected chi connectivity index (χ1v) is 9.28. The van der Waals surface area contributed by atoms with Crippen molar-refractivity contribution < 1.29 is 9.84 Å². The Hall–Kier alpha value is -0.0800. The Kier molecular flexibility index (Phi) is 8.26. The highest BCUT2D eigenvalue weighted by Gasteiger charge is 2.43. The molecule has 0 aromatic rings. The number of aliphatic hydroxyl groups is 1. The van der Waals surface area contributed by atoms with E-state index in [4.69, 9.17) is 4.74 Å². The lowest BCUT2D eigenvalue weighted by molar-refractivity contribution is -0.153. The third-order valence-corrected chi connectivity index (χ3v) is 5.32. The summed E-state index contributed by atoms with van der Waals surface area (Å²) in [7, 11) is 0. The van der Waals surface area contributed by atoms with Crippen LogP contribution in [0.25, 0.3) is 0 Å². The molecule has 21 heavy (non-hydrogen) atoms. The van der Waals surface area contributed by atoms with Crippen molar-refractivity contribution in [2.75, 3.05) is 6.61 Å². The van der Waals surface area contributed by atoms with Crippen LogP contribution in [0, 0.1) is 5.41 Å². The van der Waals surface area contributed by atoms with Gasteiger partial charge >= 0.3 is 0 Å². The van der Waals surface area contributed by atoms with Gasteiger partial charge in [0, 0.05) is 6.61 Å². The molecule has 1 atom stereocenters. The molecule has 0 spiro atoms. The molecule has 0 heterocycles. The molecule has 1 unspecified atom stereocenters. The summed E-state index contributed by atoms with van der Waals surface area (Å²) in [5.41, 5.74) is 0.161. The summed E-state index contributed by atoms with van der Waals surface area (Å²) in [6.07, 6.45) is 12.7. The third kappa shape index (κ3) is 6.28. The van der Waals surface area contributed by atoms with Crippen LogP contribution in [0.1, 0.15) is 98.3 Å². The Morgan fingerprint density at radius 2 is 1.48 bits per heavy atom. The highest BCUT2D eigenvalue weighted by molar-refractivity contribution is 4.95. The fourth-order valence-corrected chi connectivity index (χ4v) is 3.59. The van der Waals surface area contributed by atoms with Gasteiger partial charge in [-0.15, -0.1) is 0 Å². The molecule has 0 aromatic heterocycles. The summed E-state index contributed by atoms with van der Waals surface area (Å²) in [5, 5.41) is 10.7. The molecule has 0 aliphatic heterocycles. The van der Waals surface area contributed by atoms with E-state index in [2.05, 4.69) is 27.7 Å². The van der Waals surface area contributed by atoms with Crippen molar-refractivity contribution in [1.82, 2.24) is 0 Å². The van der Waals surface area contributed by atoms with Gasteiger partial charge in [-0.05, 0) is 44.4 Å². The molecule has 0 radical (unpaired) electrons. The molecule has 2 nitrogen and oxygen atoms in total. The molecule has 2 heteroatoms. The number of hydrogen-bond acceptors (Lipinski definition) is 2. The molecule has 0 saturated heterocycles. The Labute approximate surface area is 132 Å². The molecule has 0 aromatic carbocycles. The van der Waals surface area contributed by atoms with Gasteiger partial charge in [-0.1, -0.05) is 59.3 Å². The summed E-state index contributed by atoms with van der Waals surface area (Å²) in [6, 6.07) is 0. The van der Waals surface area contributed by atoms with Crippen LogP contribution in [0.15, 0.2) is 0 Å². The molecule has 126 valence electrons. The van der Waals surface area contributed by atoms with E-state index in [0.29, 0.717) is 12.0 Å². The predicted molar refractivity (Wildman–Crippen MR) is 90.6 cm³/mol. The summed E-state index contributed by atoms with van der Waals surface area (Å²) >= 11 is 0. The van der Waals surface area contributed by atoms with E-state index >= 15 is 0 Å². The minimum atomic E-state index is -0.278. The molecule has 1 rings (SSSR count). The van der Waals surface area contributed by atoms with Crippen molar-refractivity contribution in [1.29, 1.82) is 0 Å². The lowest BCUT2D eigenvalue weighted by Crippen LogP contribution is -2.49. The largest absolute Gasteiger partial charge is 0.390 e. The van der Waals surface area contributed by atoms with Gasteiger partial charge in [-0.25, -0.2) is 0 Å². The molecule has 0 amide bonds. The minimum Gasteiger partial charge on any atom is -0.390 e. The fourth-order valence-electron chi connectivity index (χ4n) is 3.59. The zero-order valence-corrected chi connectivity index (χ0v) is 14.9. The van der Waals surface area contributed by atoms with Crippen LogP contribution >= 0.6 is 0 Å². The Bertz CT molecular complexity index is 263. The predicted octanol–water partition coefficient (Wildman–Crippen LogP) is 5.47. The van der Waals surface area contributed by atoms with Crippen LogP contribution in [0.2, 0.25) is 0 Å². The number of rotatable bonds is 10. The van der Waals surface area contributed by atoms with E-state index in [9.17, 15) is 5.11 Å². The Balaban J connectivity index is 2.38. The van der Waals surface area contributed by atoms with Crippen LogP contribution in [0.5, 0.6) is 0 Å². The van der Waals surface area contributed by atoms with Crippen molar-refractivity contribution in [2.45, 2.75) is 110 Å². The molecule has 0 bridgehead atoms. The summed E-state index contributed by atoms with van der Waals surface area (Å²) in [4.78, 5) is 0. The van der Waals surface area contributed by atoms with Gasteiger partial charge < -0.3 is 9.84 Å². The average molecular weight is 299 g/mol. The Morgan fingerprint density at radius 1 is 0.905 bits per heavy atom.